The third-order valence-corrected chi connectivity index (χ3v) is 4.19. The Labute approximate surface area is 111 Å². The Morgan fingerprint density at radius 3 is 2.67 bits per heavy atom. The second-order valence-corrected chi connectivity index (χ2v) is 5.46. The van der Waals surface area contributed by atoms with E-state index in [1.165, 1.54) is 10.4 Å². The van der Waals surface area contributed by atoms with Gasteiger partial charge in [-0.2, -0.15) is 5.10 Å². The standard InChI is InChI=1S/C13H17N3OS/c1-5-10-8(2)6-11(18-10)13(17)14-12-7-9(3)15-16(12)4/h6-7H,5H2,1-4H3,(H,14,17). The number of nitrogens with one attached hydrogen (secondary N) is 1. The summed E-state index contributed by atoms with van der Waals surface area (Å²) in [6.45, 7) is 6.05. The Hall–Kier alpha value is -1.62. The van der Waals surface area contributed by atoms with Gasteiger partial charge in [0.1, 0.15) is 5.82 Å². The minimum Gasteiger partial charge on any atom is -0.306 e. The second-order valence-electron chi connectivity index (χ2n) is 4.32. The maximum Gasteiger partial charge on any atom is 0.266 e. The molecule has 4 nitrogen and oxygen atoms in total. The van der Waals surface area contributed by atoms with Crippen LogP contribution < -0.4 is 5.32 Å². The number of amides is 1. The van der Waals surface area contributed by atoms with Crippen molar-refractivity contribution in [1.29, 1.82) is 0 Å². The normalized spacial score (nSPS) is 10.7. The Morgan fingerprint density at radius 2 is 2.17 bits per heavy atom. The lowest BCUT2D eigenvalue weighted by Gasteiger charge is -2.02. The molecule has 0 aliphatic carbocycles. The molecule has 0 bridgehead atoms. The van der Waals surface area contributed by atoms with Crippen LogP contribution in [0.2, 0.25) is 0 Å². The van der Waals surface area contributed by atoms with Gasteiger partial charge in [0, 0.05) is 18.0 Å². The monoisotopic (exact) mass is 263 g/mol. The summed E-state index contributed by atoms with van der Waals surface area (Å²) in [5, 5.41) is 7.09. The number of carbonyl (C=O) groups is 1. The zero-order valence-corrected chi connectivity index (χ0v) is 11.9. The molecule has 5 heteroatoms. The number of hydrogen-bond acceptors (Lipinski definition) is 3. The Bertz CT molecular complexity index is 583. The summed E-state index contributed by atoms with van der Waals surface area (Å²) in [5.74, 6) is 0.660. The third-order valence-electron chi connectivity index (χ3n) is 2.81. The molecule has 0 aliphatic heterocycles. The molecule has 0 atom stereocenters. The van der Waals surface area contributed by atoms with E-state index >= 15 is 0 Å². The van der Waals surface area contributed by atoms with Gasteiger partial charge in [-0.15, -0.1) is 11.3 Å². The van der Waals surface area contributed by atoms with Crippen molar-refractivity contribution in [3.63, 3.8) is 0 Å². The molecular weight excluding hydrogens is 246 g/mol. The minimum atomic E-state index is -0.0641. The van der Waals surface area contributed by atoms with Gasteiger partial charge in [-0.25, -0.2) is 0 Å². The SMILES string of the molecule is CCc1sc(C(=O)Nc2cc(C)nn2C)cc1C. The molecule has 0 aromatic carbocycles. The molecule has 0 aliphatic rings. The van der Waals surface area contributed by atoms with Crippen molar-refractivity contribution in [3.8, 4) is 0 Å². The van der Waals surface area contributed by atoms with Crippen molar-refractivity contribution < 1.29 is 4.79 Å². The van der Waals surface area contributed by atoms with Crippen molar-refractivity contribution in [2.75, 3.05) is 5.32 Å². The first-order chi connectivity index (χ1) is 8.51. The van der Waals surface area contributed by atoms with Crippen LogP contribution in [0.15, 0.2) is 12.1 Å². The molecule has 96 valence electrons. The number of aromatic nitrogens is 2. The number of thiophene rings is 1. The van der Waals surface area contributed by atoms with Crippen molar-refractivity contribution >= 4 is 23.1 Å². The number of hydrogen-bond donors (Lipinski definition) is 1. The predicted octanol–water partition coefficient (Wildman–Crippen LogP) is 2.91. The van der Waals surface area contributed by atoms with E-state index in [2.05, 4.69) is 17.3 Å². The number of aryl methyl sites for hydroxylation is 4. The average Bonchev–Trinajstić information content (AvgIpc) is 2.82. The van der Waals surface area contributed by atoms with Crippen molar-refractivity contribution in [3.05, 3.63) is 33.1 Å². The number of rotatable bonds is 3. The van der Waals surface area contributed by atoms with Crippen LogP contribution in [0.4, 0.5) is 5.82 Å². The summed E-state index contributed by atoms with van der Waals surface area (Å²) in [6, 6.07) is 3.81. The molecule has 0 saturated heterocycles. The number of anilines is 1. The van der Waals surface area contributed by atoms with Gasteiger partial charge in [-0.05, 0) is 31.9 Å². The lowest BCUT2D eigenvalue weighted by atomic mass is 10.2. The smallest absolute Gasteiger partial charge is 0.266 e. The highest BCUT2D eigenvalue weighted by Gasteiger charge is 2.13. The average molecular weight is 263 g/mol. The minimum absolute atomic E-state index is 0.0641. The second kappa shape index (κ2) is 4.94. The Kier molecular flexibility index (Phi) is 3.52. The summed E-state index contributed by atoms with van der Waals surface area (Å²) >= 11 is 1.56. The molecule has 0 unspecified atom stereocenters. The summed E-state index contributed by atoms with van der Waals surface area (Å²) in [7, 11) is 1.82. The van der Waals surface area contributed by atoms with E-state index in [1.54, 1.807) is 16.0 Å². The maximum absolute atomic E-state index is 12.1. The van der Waals surface area contributed by atoms with Gasteiger partial charge in [0.05, 0.1) is 10.6 Å². The van der Waals surface area contributed by atoms with Crippen LogP contribution in [0, 0.1) is 13.8 Å². The lowest BCUT2D eigenvalue weighted by molar-refractivity contribution is 0.102. The van der Waals surface area contributed by atoms with Gasteiger partial charge in [0.2, 0.25) is 0 Å². The van der Waals surface area contributed by atoms with Crippen molar-refractivity contribution in [2.24, 2.45) is 7.05 Å². The molecular formula is C13H17N3OS. The number of carbonyl (C=O) groups excluding carboxylic acids is 1. The quantitative estimate of drug-likeness (QED) is 0.925. The van der Waals surface area contributed by atoms with Crippen molar-refractivity contribution in [1.82, 2.24) is 9.78 Å². The maximum atomic E-state index is 12.1. The van der Waals surface area contributed by atoms with E-state index in [9.17, 15) is 4.79 Å². The lowest BCUT2D eigenvalue weighted by Crippen LogP contribution is -2.13. The highest BCUT2D eigenvalue weighted by atomic mass is 32.1. The fourth-order valence-corrected chi connectivity index (χ4v) is 2.90. The predicted molar refractivity (Wildman–Crippen MR) is 74.3 cm³/mol. The molecule has 0 spiro atoms. The molecule has 2 rings (SSSR count). The molecule has 2 aromatic heterocycles. The Morgan fingerprint density at radius 1 is 1.44 bits per heavy atom. The van der Waals surface area contributed by atoms with E-state index in [0.29, 0.717) is 0 Å². The summed E-state index contributed by atoms with van der Waals surface area (Å²) < 4.78 is 1.68. The molecule has 1 N–H and O–H groups in total. The summed E-state index contributed by atoms with van der Waals surface area (Å²) in [5.41, 5.74) is 2.08. The van der Waals surface area contributed by atoms with E-state index in [0.717, 1.165) is 22.8 Å². The first-order valence-electron chi connectivity index (χ1n) is 5.92. The highest BCUT2D eigenvalue weighted by molar-refractivity contribution is 7.14. The van der Waals surface area contributed by atoms with E-state index < -0.39 is 0 Å². The van der Waals surface area contributed by atoms with Gasteiger partial charge in [-0.1, -0.05) is 6.92 Å². The van der Waals surface area contributed by atoms with E-state index in [-0.39, 0.29) is 5.91 Å². The van der Waals surface area contributed by atoms with Crippen LogP contribution in [0.3, 0.4) is 0 Å². The van der Waals surface area contributed by atoms with Crippen LogP contribution in [0.25, 0.3) is 0 Å². The molecule has 1 amide bonds. The fraction of sp³-hybridized carbons (Fsp3) is 0.385. The highest BCUT2D eigenvalue weighted by Crippen LogP contribution is 2.23. The summed E-state index contributed by atoms with van der Waals surface area (Å²) in [6.07, 6.45) is 0.967. The zero-order chi connectivity index (χ0) is 13.3. The molecule has 0 radical (unpaired) electrons. The summed E-state index contributed by atoms with van der Waals surface area (Å²) in [4.78, 5) is 14.1. The molecule has 0 saturated carbocycles. The Balaban J connectivity index is 2.19. The van der Waals surface area contributed by atoms with Gasteiger partial charge in [0.15, 0.2) is 0 Å². The van der Waals surface area contributed by atoms with Gasteiger partial charge in [0.25, 0.3) is 5.91 Å². The van der Waals surface area contributed by atoms with Crippen LogP contribution in [-0.4, -0.2) is 15.7 Å². The van der Waals surface area contributed by atoms with Crippen LogP contribution >= 0.6 is 11.3 Å². The number of nitrogens with zero attached hydrogens (tertiary/aromatic N) is 2. The molecule has 2 aromatic rings. The van der Waals surface area contributed by atoms with E-state index in [1.807, 2.05) is 33.0 Å². The third kappa shape index (κ3) is 2.46. The van der Waals surface area contributed by atoms with Gasteiger partial charge in [-0.3, -0.25) is 9.48 Å². The molecule has 2 heterocycles. The first kappa shape index (κ1) is 12.8. The van der Waals surface area contributed by atoms with E-state index in [4.69, 9.17) is 0 Å². The van der Waals surface area contributed by atoms with Crippen LogP contribution in [0.1, 0.15) is 32.7 Å². The largest absolute Gasteiger partial charge is 0.306 e. The van der Waals surface area contributed by atoms with Crippen molar-refractivity contribution in [2.45, 2.75) is 27.2 Å². The fourth-order valence-electron chi connectivity index (χ4n) is 1.89. The topological polar surface area (TPSA) is 46.9 Å². The van der Waals surface area contributed by atoms with Gasteiger partial charge >= 0.3 is 0 Å². The zero-order valence-electron chi connectivity index (χ0n) is 11.1. The van der Waals surface area contributed by atoms with Crippen LogP contribution in [-0.2, 0) is 13.5 Å². The van der Waals surface area contributed by atoms with Crippen LogP contribution in [0.5, 0.6) is 0 Å². The first-order valence-corrected chi connectivity index (χ1v) is 6.74. The van der Waals surface area contributed by atoms with Gasteiger partial charge < -0.3 is 5.32 Å². The molecule has 0 fully saturated rings. The molecule has 18 heavy (non-hydrogen) atoms.